The summed E-state index contributed by atoms with van der Waals surface area (Å²) in [7, 11) is 1.99. The fourth-order valence-corrected chi connectivity index (χ4v) is 2.83. The Morgan fingerprint density at radius 2 is 2.44 bits per heavy atom. The highest BCUT2D eigenvalue weighted by molar-refractivity contribution is 5.00. The lowest BCUT2D eigenvalue weighted by molar-refractivity contribution is -0.0181. The highest BCUT2D eigenvalue weighted by Crippen LogP contribution is 2.35. The van der Waals surface area contributed by atoms with E-state index in [1.165, 1.54) is 12.8 Å². The van der Waals surface area contributed by atoms with Crippen molar-refractivity contribution >= 4 is 0 Å². The highest BCUT2D eigenvalue weighted by Gasteiger charge is 2.34. The minimum Gasteiger partial charge on any atom is -0.389 e. The van der Waals surface area contributed by atoms with Crippen LogP contribution in [0.1, 0.15) is 44.9 Å². The summed E-state index contributed by atoms with van der Waals surface area (Å²) in [6.45, 7) is 2.22. The Hall–Kier alpha value is -0.830. The molecular weight excluding hydrogens is 200 g/mol. The summed E-state index contributed by atoms with van der Waals surface area (Å²) in [5.74, 6) is 1.69. The number of rotatable bonds is 3. The van der Waals surface area contributed by atoms with Crippen molar-refractivity contribution in [3.63, 3.8) is 0 Å². The number of nitrogens with zero attached hydrogens (tertiary/aromatic N) is 2. The maximum atomic E-state index is 10.6. The third kappa shape index (κ3) is 2.46. The predicted octanol–water partition coefficient (Wildman–Crippen LogP) is 2.29. The summed E-state index contributed by atoms with van der Waals surface area (Å²) in [4.78, 5) is 4.31. The minimum absolute atomic E-state index is 0.516. The molecule has 0 amide bonds. The Bertz CT molecular complexity index is 347. The summed E-state index contributed by atoms with van der Waals surface area (Å²) in [5, 5.41) is 10.6. The number of hydrogen-bond acceptors (Lipinski definition) is 2. The maximum absolute atomic E-state index is 10.6. The molecule has 1 aliphatic rings. The summed E-state index contributed by atoms with van der Waals surface area (Å²) < 4.78 is 2.01. The highest BCUT2D eigenvalue weighted by atomic mass is 16.3. The zero-order chi connectivity index (χ0) is 11.6. The second-order valence-electron chi connectivity index (χ2n) is 5.23. The van der Waals surface area contributed by atoms with E-state index >= 15 is 0 Å². The molecule has 2 unspecified atom stereocenters. The van der Waals surface area contributed by atoms with Gasteiger partial charge in [0, 0.05) is 25.9 Å². The van der Waals surface area contributed by atoms with Gasteiger partial charge in [0.25, 0.3) is 0 Å². The van der Waals surface area contributed by atoms with Crippen LogP contribution in [0.15, 0.2) is 12.4 Å². The normalized spacial score (nSPS) is 30.6. The Balaban J connectivity index is 2.05. The van der Waals surface area contributed by atoms with E-state index in [9.17, 15) is 5.11 Å². The number of imidazole rings is 1. The minimum atomic E-state index is -0.516. The van der Waals surface area contributed by atoms with Crippen LogP contribution in [0.25, 0.3) is 0 Å². The monoisotopic (exact) mass is 222 g/mol. The Morgan fingerprint density at radius 3 is 3.06 bits per heavy atom. The number of aromatic nitrogens is 2. The van der Waals surface area contributed by atoms with Crippen LogP contribution in [0, 0.1) is 5.92 Å². The summed E-state index contributed by atoms with van der Waals surface area (Å²) >= 11 is 0. The van der Waals surface area contributed by atoms with E-state index in [4.69, 9.17) is 0 Å². The topological polar surface area (TPSA) is 38.1 Å². The Morgan fingerprint density at radius 1 is 1.62 bits per heavy atom. The van der Waals surface area contributed by atoms with Crippen LogP contribution in [-0.2, 0) is 13.5 Å². The van der Waals surface area contributed by atoms with Crippen molar-refractivity contribution in [2.24, 2.45) is 13.0 Å². The fraction of sp³-hybridized carbons (Fsp3) is 0.769. The van der Waals surface area contributed by atoms with Gasteiger partial charge in [0.15, 0.2) is 0 Å². The average molecular weight is 222 g/mol. The number of hydrogen-bond donors (Lipinski definition) is 1. The maximum Gasteiger partial charge on any atom is 0.111 e. The van der Waals surface area contributed by atoms with Crippen molar-refractivity contribution in [3.05, 3.63) is 18.2 Å². The molecule has 2 rings (SSSR count). The van der Waals surface area contributed by atoms with Crippen molar-refractivity contribution in [2.75, 3.05) is 0 Å². The van der Waals surface area contributed by atoms with Crippen LogP contribution in [0.2, 0.25) is 0 Å². The standard InChI is InChI=1S/C13H22N2O/c1-3-11-5-4-6-13(16,9-11)10-12-14-7-8-15(12)2/h7-8,11,16H,3-6,9-10H2,1-2H3. The Kier molecular flexibility index (Phi) is 3.33. The van der Waals surface area contributed by atoms with Crippen molar-refractivity contribution in [3.8, 4) is 0 Å². The lowest BCUT2D eigenvalue weighted by atomic mass is 9.75. The first-order valence-electron chi connectivity index (χ1n) is 6.31. The molecule has 0 aromatic carbocycles. The molecule has 0 spiro atoms. The molecule has 16 heavy (non-hydrogen) atoms. The average Bonchev–Trinajstić information content (AvgIpc) is 2.64. The van der Waals surface area contributed by atoms with Gasteiger partial charge in [-0.2, -0.15) is 0 Å². The molecule has 0 bridgehead atoms. The van der Waals surface area contributed by atoms with Gasteiger partial charge < -0.3 is 9.67 Å². The second kappa shape index (κ2) is 4.58. The van der Waals surface area contributed by atoms with Gasteiger partial charge in [-0.3, -0.25) is 0 Å². The molecule has 0 saturated heterocycles. The van der Waals surface area contributed by atoms with E-state index in [-0.39, 0.29) is 0 Å². The smallest absolute Gasteiger partial charge is 0.111 e. The van der Waals surface area contributed by atoms with Crippen LogP contribution in [-0.4, -0.2) is 20.3 Å². The van der Waals surface area contributed by atoms with Gasteiger partial charge in [-0.05, 0) is 18.8 Å². The van der Waals surface area contributed by atoms with Gasteiger partial charge in [0.05, 0.1) is 5.60 Å². The van der Waals surface area contributed by atoms with Crippen LogP contribution < -0.4 is 0 Å². The third-order valence-corrected chi connectivity index (χ3v) is 3.91. The van der Waals surface area contributed by atoms with E-state index in [0.29, 0.717) is 12.3 Å². The lowest BCUT2D eigenvalue weighted by Gasteiger charge is -2.36. The molecule has 90 valence electrons. The number of aryl methyl sites for hydroxylation is 1. The molecule has 1 saturated carbocycles. The molecule has 3 nitrogen and oxygen atoms in total. The molecule has 1 heterocycles. The zero-order valence-corrected chi connectivity index (χ0v) is 10.3. The van der Waals surface area contributed by atoms with Gasteiger partial charge in [-0.25, -0.2) is 4.98 Å². The van der Waals surface area contributed by atoms with Crippen molar-refractivity contribution in [1.29, 1.82) is 0 Å². The van der Waals surface area contributed by atoms with Crippen molar-refractivity contribution in [1.82, 2.24) is 9.55 Å². The zero-order valence-electron chi connectivity index (χ0n) is 10.3. The molecule has 3 heteroatoms. The molecule has 0 aliphatic heterocycles. The molecule has 1 aromatic rings. The summed E-state index contributed by atoms with van der Waals surface area (Å²) in [6, 6.07) is 0. The van der Waals surface area contributed by atoms with E-state index in [1.54, 1.807) is 6.20 Å². The molecule has 0 radical (unpaired) electrons. The molecule has 1 N–H and O–H groups in total. The second-order valence-corrected chi connectivity index (χ2v) is 5.23. The van der Waals surface area contributed by atoms with Gasteiger partial charge in [0.1, 0.15) is 5.82 Å². The van der Waals surface area contributed by atoms with Crippen LogP contribution in [0.3, 0.4) is 0 Å². The van der Waals surface area contributed by atoms with E-state index in [0.717, 1.165) is 25.1 Å². The first-order chi connectivity index (χ1) is 7.63. The van der Waals surface area contributed by atoms with Gasteiger partial charge in [-0.15, -0.1) is 0 Å². The van der Waals surface area contributed by atoms with E-state index in [1.807, 2.05) is 17.8 Å². The van der Waals surface area contributed by atoms with Gasteiger partial charge >= 0.3 is 0 Å². The molecule has 1 aromatic heterocycles. The SMILES string of the molecule is CCC1CCCC(O)(Cc2nccn2C)C1. The third-order valence-electron chi connectivity index (χ3n) is 3.91. The molecular formula is C13H22N2O. The summed E-state index contributed by atoms with van der Waals surface area (Å²) in [6.07, 6.45) is 9.93. The molecule has 2 atom stereocenters. The molecule has 1 fully saturated rings. The van der Waals surface area contributed by atoms with E-state index in [2.05, 4.69) is 11.9 Å². The van der Waals surface area contributed by atoms with Crippen molar-refractivity contribution in [2.45, 2.75) is 51.0 Å². The van der Waals surface area contributed by atoms with Crippen LogP contribution >= 0.6 is 0 Å². The van der Waals surface area contributed by atoms with Gasteiger partial charge in [0.2, 0.25) is 0 Å². The summed E-state index contributed by atoms with van der Waals surface area (Å²) in [5.41, 5.74) is -0.516. The van der Waals surface area contributed by atoms with Crippen LogP contribution in [0.4, 0.5) is 0 Å². The van der Waals surface area contributed by atoms with Crippen molar-refractivity contribution < 1.29 is 5.11 Å². The quantitative estimate of drug-likeness (QED) is 0.852. The fourth-order valence-electron chi connectivity index (χ4n) is 2.83. The lowest BCUT2D eigenvalue weighted by Crippen LogP contribution is -2.38. The number of aliphatic hydroxyl groups is 1. The first kappa shape index (κ1) is 11.6. The first-order valence-corrected chi connectivity index (χ1v) is 6.31. The van der Waals surface area contributed by atoms with Crippen LogP contribution in [0.5, 0.6) is 0 Å². The molecule has 1 aliphatic carbocycles. The predicted molar refractivity (Wildman–Crippen MR) is 64.1 cm³/mol. The van der Waals surface area contributed by atoms with Gasteiger partial charge in [-0.1, -0.05) is 26.2 Å². The largest absolute Gasteiger partial charge is 0.389 e. The Labute approximate surface area is 97.5 Å². The van der Waals surface area contributed by atoms with E-state index < -0.39 is 5.60 Å².